The highest BCUT2D eigenvalue weighted by molar-refractivity contribution is 5.87. The third-order valence-electron chi connectivity index (χ3n) is 3.50. The van der Waals surface area contributed by atoms with E-state index in [0.29, 0.717) is 6.42 Å². The van der Waals surface area contributed by atoms with Crippen LogP contribution in [0, 0.1) is 11.8 Å². The average Bonchev–Trinajstić information content (AvgIpc) is 2.42. The second-order valence-electron chi connectivity index (χ2n) is 6.74. The molecule has 140 valence electrons. The van der Waals surface area contributed by atoms with Crippen molar-refractivity contribution in [2.24, 2.45) is 11.8 Å². The Labute approximate surface area is 143 Å². The molecule has 0 aliphatic rings. The second-order valence-corrected chi connectivity index (χ2v) is 6.74. The zero-order valence-corrected chi connectivity index (χ0v) is 15.1. The van der Waals surface area contributed by atoms with Gasteiger partial charge in [-0.05, 0) is 18.3 Å². The third-order valence-corrected chi connectivity index (χ3v) is 3.50. The summed E-state index contributed by atoms with van der Waals surface area (Å²) in [4.78, 5) is 34.5. The molecule has 0 bridgehead atoms. The van der Waals surface area contributed by atoms with E-state index in [2.05, 4.69) is 16.0 Å². The largest absolute Gasteiger partial charge is 0.480 e. The number of hydrogen-bond acceptors (Lipinski definition) is 5. The van der Waals surface area contributed by atoms with Gasteiger partial charge in [-0.2, -0.15) is 0 Å². The van der Waals surface area contributed by atoms with E-state index >= 15 is 0 Å². The Balaban J connectivity index is 4.84. The number of carboxylic acid groups (broad SMARTS) is 1. The Morgan fingerprint density at radius 3 is 2.00 bits per heavy atom. The van der Waals surface area contributed by atoms with Crippen molar-refractivity contribution in [3.05, 3.63) is 0 Å². The van der Waals surface area contributed by atoms with Gasteiger partial charge < -0.3 is 26.2 Å². The Bertz CT molecular complexity index is 426. The lowest BCUT2D eigenvalue weighted by Crippen LogP contribution is -2.54. The van der Waals surface area contributed by atoms with Crippen LogP contribution in [0.4, 0.5) is 0 Å². The molecule has 0 spiro atoms. The number of amides is 2. The second kappa shape index (κ2) is 11.0. The van der Waals surface area contributed by atoms with Crippen LogP contribution in [0.1, 0.15) is 41.0 Å². The maximum Gasteiger partial charge on any atom is 0.320 e. The van der Waals surface area contributed by atoms with Crippen LogP contribution >= 0.6 is 0 Å². The molecule has 0 radical (unpaired) electrons. The summed E-state index contributed by atoms with van der Waals surface area (Å²) in [6, 6.07) is -2.03. The van der Waals surface area contributed by atoms with E-state index in [-0.39, 0.29) is 24.4 Å². The summed E-state index contributed by atoms with van der Waals surface area (Å²) in [7, 11) is 0. The van der Waals surface area contributed by atoms with Crippen molar-refractivity contribution in [1.82, 2.24) is 16.0 Å². The van der Waals surface area contributed by atoms with Crippen LogP contribution in [-0.4, -0.2) is 59.3 Å². The molecule has 0 rings (SSSR count). The van der Waals surface area contributed by atoms with E-state index in [0.717, 1.165) is 0 Å². The van der Waals surface area contributed by atoms with Gasteiger partial charge >= 0.3 is 5.97 Å². The number of aliphatic hydroxyl groups excluding tert-OH is 1. The Hall–Kier alpha value is -1.67. The molecule has 0 saturated carbocycles. The summed E-state index contributed by atoms with van der Waals surface area (Å²) < 4.78 is 0. The number of aliphatic hydroxyl groups is 1. The molecular formula is C16H31N3O5. The molecule has 0 aromatic heterocycles. The van der Waals surface area contributed by atoms with Crippen LogP contribution in [0.15, 0.2) is 0 Å². The fourth-order valence-electron chi connectivity index (χ4n) is 2.38. The van der Waals surface area contributed by atoms with Crippen LogP contribution < -0.4 is 16.0 Å². The molecular weight excluding hydrogens is 314 g/mol. The van der Waals surface area contributed by atoms with E-state index in [9.17, 15) is 24.6 Å². The third kappa shape index (κ3) is 8.83. The minimum absolute atomic E-state index is 0.0949. The minimum atomic E-state index is -1.02. The summed E-state index contributed by atoms with van der Waals surface area (Å²) in [5.74, 6) is -1.65. The summed E-state index contributed by atoms with van der Waals surface area (Å²) in [6.07, 6.45) is 0.640. The summed E-state index contributed by atoms with van der Waals surface area (Å²) >= 11 is 0. The highest BCUT2D eigenvalue weighted by atomic mass is 16.4. The fourth-order valence-corrected chi connectivity index (χ4v) is 2.38. The number of rotatable bonds is 11. The molecule has 8 heteroatoms. The first-order chi connectivity index (χ1) is 11.1. The maximum atomic E-state index is 12.2. The molecule has 0 aliphatic heterocycles. The summed E-state index contributed by atoms with van der Waals surface area (Å²) in [5.41, 5.74) is 0. The Kier molecular flexibility index (Phi) is 10.2. The van der Waals surface area contributed by atoms with Crippen molar-refractivity contribution in [3.63, 3.8) is 0 Å². The molecule has 24 heavy (non-hydrogen) atoms. The molecule has 2 amide bonds. The minimum Gasteiger partial charge on any atom is -0.480 e. The SMILES string of the molecule is CC(=O)N[C@@H](CO)C(=O)N[C@H](CN[C@H](C(=O)O)C(C)C)CC(C)C. The normalized spacial score (nSPS) is 15.0. The number of aliphatic carboxylic acids is 1. The zero-order valence-electron chi connectivity index (χ0n) is 15.1. The lowest BCUT2D eigenvalue weighted by Gasteiger charge is -2.26. The molecule has 0 aromatic rings. The molecule has 0 saturated heterocycles. The molecule has 3 atom stereocenters. The van der Waals surface area contributed by atoms with Crippen LogP contribution in [0.2, 0.25) is 0 Å². The smallest absolute Gasteiger partial charge is 0.320 e. The van der Waals surface area contributed by atoms with E-state index < -0.39 is 36.5 Å². The van der Waals surface area contributed by atoms with Gasteiger partial charge in [0.1, 0.15) is 12.1 Å². The van der Waals surface area contributed by atoms with Crippen LogP contribution in [0.25, 0.3) is 0 Å². The monoisotopic (exact) mass is 345 g/mol. The molecule has 8 nitrogen and oxygen atoms in total. The number of hydrogen-bond donors (Lipinski definition) is 5. The van der Waals surface area contributed by atoms with Crippen LogP contribution in [0.3, 0.4) is 0 Å². The molecule has 0 unspecified atom stereocenters. The number of carbonyl (C=O) groups is 3. The van der Waals surface area contributed by atoms with Gasteiger partial charge in [0.15, 0.2) is 0 Å². The standard InChI is InChI=1S/C16H31N3O5/c1-9(2)6-12(7-17-14(10(3)4)16(23)24)19-15(22)13(8-20)18-11(5)21/h9-10,12-14,17,20H,6-8H2,1-5H3,(H,18,21)(H,19,22)(H,23,24)/t12-,13-,14-/m0/s1. The van der Waals surface area contributed by atoms with Gasteiger partial charge in [-0.25, -0.2) is 0 Å². The summed E-state index contributed by atoms with van der Waals surface area (Å²) in [6.45, 7) is 8.65. The predicted octanol–water partition coefficient (Wildman–Crippen LogP) is -0.287. The molecule has 0 aromatic carbocycles. The maximum absolute atomic E-state index is 12.2. The van der Waals surface area contributed by atoms with Crippen molar-refractivity contribution in [2.45, 2.75) is 59.2 Å². The Morgan fingerprint density at radius 1 is 1.04 bits per heavy atom. The fraction of sp³-hybridized carbons (Fsp3) is 0.812. The van der Waals surface area contributed by atoms with Gasteiger partial charge in [-0.3, -0.25) is 14.4 Å². The van der Waals surface area contributed by atoms with E-state index in [1.54, 1.807) is 13.8 Å². The lowest BCUT2D eigenvalue weighted by atomic mass is 10.0. The van der Waals surface area contributed by atoms with Gasteiger partial charge in [0, 0.05) is 19.5 Å². The van der Waals surface area contributed by atoms with Crippen molar-refractivity contribution in [3.8, 4) is 0 Å². The molecule has 0 aliphatic carbocycles. The first kappa shape index (κ1) is 22.3. The van der Waals surface area contributed by atoms with Gasteiger partial charge in [0.2, 0.25) is 11.8 Å². The first-order valence-electron chi connectivity index (χ1n) is 8.22. The molecule has 0 fully saturated rings. The van der Waals surface area contributed by atoms with E-state index in [1.807, 2.05) is 13.8 Å². The summed E-state index contributed by atoms with van der Waals surface area (Å²) in [5, 5.41) is 26.6. The van der Waals surface area contributed by atoms with Crippen molar-refractivity contribution in [1.29, 1.82) is 0 Å². The van der Waals surface area contributed by atoms with E-state index in [4.69, 9.17) is 0 Å². The van der Waals surface area contributed by atoms with Crippen LogP contribution in [-0.2, 0) is 14.4 Å². The predicted molar refractivity (Wildman–Crippen MR) is 90.3 cm³/mol. The molecule has 0 heterocycles. The molecule has 5 N–H and O–H groups in total. The first-order valence-corrected chi connectivity index (χ1v) is 8.22. The lowest BCUT2D eigenvalue weighted by molar-refractivity contribution is -0.140. The number of carbonyl (C=O) groups excluding carboxylic acids is 2. The van der Waals surface area contributed by atoms with Crippen molar-refractivity contribution >= 4 is 17.8 Å². The number of nitrogens with one attached hydrogen (secondary N) is 3. The average molecular weight is 345 g/mol. The number of carboxylic acids is 1. The topological polar surface area (TPSA) is 128 Å². The van der Waals surface area contributed by atoms with Gasteiger partial charge in [0.05, 0.1) is 6.61 Å². The Morgan fingerprint density at radius 2 is 1.62 bits per heavy atom. The van der Waals surface area contributed by atoms with Gasteiger partial charge in [-0.1, -0.05) is 27.7 Å². The quantitative estimate of drug-likeness (QED) is 0.350. The van der Waals surface area contributed by atoms with Crippen molar-refractivity contribution in [2.75, 3.05) is 13.2 Å². The highest BCUT2D eigenvalue weighted by Gasteiger charge is 2.25. The highest BCUT2D eigenvalue weighted by Crippen LogP contribution is 2.07. The van der Waals surface area contributed by atoms with Crippen molar-refractivity contribution < 1.29 is 24.6 Å². The van der Waals surface area contributed by atoms with Crippen LogP contribution in [0.5, 0.6) is 0 Å². The van der Waals surface area contributed by atoms with Gasteiger partial charge in [0.25, 0.3) is 0 Å². The zero-order chi connectivity index (χ0) is 18.9. The van der Waals surface area contributed by atoms with E-state index in [1.165, 1.54) is 6.92 Å². The van der Waals surface area contributed by atoms with Gasteiger partial charge in [-0.15, -0.1) is 0 Å².